The van der Waals surface area contributed by atoms with E-state index in [4.69, 9.17) is 5.11 Å². The lowest BCUT2D eigenvalue weighted by Crippen LogP contribution is -2.46. The number of nitrogens with zero attached hydrogens (tertiary/aromatic N) is 1. The molecule has 0 unspecified atom stereocenters. The smallest absolute Gasteiger partial charge is 0.317 e. The quantitative estimate of drug-likeness (QED) is 0.676. The minimum atomic E-state index is -0.719. The first kappa shape index (κ1) is 8.87. The second-order valence-electron chi connectivity index (χ2n) is 2.65. The van der Waals surface area contributed by atoms with E-state index in [2.05, 4.69) is 0 Å². The van der Waals surface area contributed by atoms with Crippen LogP contribution in [0.3, 0.4) is 0 Å². The number of likely N-dealkylation sites (N-methyl/N-ethyl adjacent to an activating group) is 1. The van der Waals surface area contributed by atoms with Crippen LogP contribution >= 0.6 is 11.8 Å². The van der Waals surface area contributed by atoms with Crippen molar-refractivity contribution in [1.82, 2.24) is 4.90 Å². The molecule has 11 heavy (non-hydrogen) atoms. The van der Waals surface area contributed by atoms with Crippen molar-refractivity contribution in [3.8, 4) is 0 Å². The van der Waals surface area contributed by atoms with Gasteiger partial charge in [0.25, 0.3) is 0 Å². The number of aliphatic carboxylic acids is 1. The summed E-state index contributed by atoms with van der Waals surface area (Å²) >= 11 is 1.88. The molecule has 0 aromatic heterocycles. The van der Waals surface area contributed by atoms with Crippen LogP contribution in [0.1, 0.15) is 6.92 Å². The van der Waals surface area contributed by atoms with E-state index in [1.165, 1.54) is 0 Å². The van der Waals surface area contributed by atoms with Gasteiger partial charge >= 0.3 is 5.97 Å². The Balaban J connectivity index is 2.29. The molecule has 64 valence electrons. The Bertz CT molecular complexity index is 147. The van der Waals surface area contributed by atoms with Crippen LogP contribution < -0.4 is 0 Å². The zero-order valence-electron chi connectivity index (χ0n) is 6.62. The fourth-order valence-corrected chi connectivity index (χ4v) is 1.98. The monoisotopic (exact) mass is 175 g/mol. The van der Waals surface area contributed by atoms with Gasteiger partial charge in [0.1, 0.15) is 0 Å². The maximum atomic E-state index is 10.4. The topological polar surface area (TPSA) is 40.5 Å². The van der Waals surface area contributed by atoms with Gasteiger partial charge in [-0.25, -0.2) is 0 Å². The molecule has 1 N–H and O–H groups in total. The summed E-state index contributed by atoms with van der Waals surface area (Å²) in [5.41, 5.74) is 0. The molecule has 3 nitrogen and oxygen atoms in total. The maximum Gasteiger partial charge on any atom is 0.317 e. The summed E-state index contributed by atoms with van der Waals surface area (Å²) in [7, 11) is 0. The lowest BCUT2D eigenvalue weighted by molar-refractivity contribution is -0.138. The van der Waals surface area contributed by atoms with Crippen LogP contribution in [0.4, 0.5) is 0 Å². The van der Waals surface area contributed by atoms with Gasteiger partial charge in [-0.2, -0.15) is 11.8 Å². The van der Waals surface area contributed by atoms with Crippen LogP contribution in [0.15, 0.2) is 0 Å². The van der Waals surface area contributed by atoms with Gasteiger partial charge in [-0.05, 0) is 6.54 Å². The first-order valence-electron chi connectivity index (χ1n) is 3.77. The van der Waals surface area contributed by atoms with Crippen molar-refractivity contribution >= 4 is 17.7 Å². The van der Waals surface area contributed by atoms with Crippen LogP contribution in [-0.2, 0) is 4.79 Å². The van der Waals surface area contributed by atoms with Gasteiger partial charge in [-0.15, -0.1) is 0 Å². The summed E-state index contributed by atoms with van der Waals surface area (Å²) in [5, 5.41) is 8.54. The molecule has 0 saturated carbocycles. The van der Waals surface area contributed by atoms with E-state index in [1.807, 2.05) is 23.6 Å². The van der Waals surface area contributed by atoms with Gasteiger partial charge in [0, 0.05) is 17.5 Å². The summed E-state index contributed by atoms with van der Waals surface area (Å²) in [6.45, 7) is 3.05. The fraction of sp³-hybridized carbons (Fsp3) is 0.857. The Labute approximate surface area is 70.8 Å². The molecule has 0 spiro atoms. The third-order valence-corrected chi connectivity index (χ3v) is 3.12. The summed E-state index contributed by atoms with van der Waals surface area (Å²) in [6, 6.07) is 0.515. The van der Waals surface area contributed by atoms with Crippen LogP contribution in [0.25, 0.3) is 0 Å². The van der Waals surface area contributed by atoms with Crippen molar-refractivity contribution in [2.75, 3.05) is 24.6 Å². The first-order chi connectivity index (χ1) is 5.24. The number of hydrogen-bond acceptors (Lipinski definition) is 3. The molecule has 4 heteroatoms. The van der Waals surface area contributed by atoms with Gasteiger partial charge in [-0.3, -0.25) is 9.69 Å². The molecule has 0 atom stereocenters. The molecule has 1 saturated heterocycles. The van der Waals surface area contributed by atoms with Gasteiger partial charge < -0.3 is 5.11 Å². The normalized spacial score (nSPS) is 18.4. The number of hydrogen-bond donors (Lipinski definition) is 1. The largest absolute Gasteiger partial charge is 0.480 e. The number of carboxylic acids is 1. The average Bonchev–Trinajstić information content (AvgIpc) is 1.81. The standard InChI is InChI=1S/C7H13NO2S/c1-2-8(3-7(9)10)6-4-11-5-6/h6H,2-5H2,1H3,(H,9,10). The Morgan fingerprint density at radius 1 is 1.73 bits per heavy atom. The molecule has 0 aromatic rings. The molecule has 0 bridgehead atoms. The van der Waals surface area contributed by atoms with Crippen LogP contribution in [0, 0.1) is 0 Å². The third kappa shape index (κ3) is 2.38. The summed E-state index contributed by atoms with van der Waals surface area (Å²) < 4.78 is 0. The molecule has 1 fully saturated rings. The lowest BCUT2D eigenvalue weighted by atomic mass is 10.3. The first-order valence-corrected chi connectivity index (χ1v) is 4.93. The van der Waals surface area contributed by atoms with Crippen molar-refractivity contribution in [1.29, 1.82) is 0 Å². The molecule has 0 aliphatic carbocycles. The predicted octanol–water partition coefficient (Wildman–Crippen LogP) is 0.508. The molecule has 0 aromatic carbocycles. The van der Waals surface area contributed by atoms with Crippen molar-refractivity contribution in [2.24, 2.45) is 0 Å². The van der Waals surface area contributed by atoms with Gasteiger partial charge in [0.2, 0.25) is 0 Å². The SMILES string of the molecule is CCN(CC(=O)O)C1CSC1. The molecule has 1 heterocycles. The van der Waals surface area contributed by atoms with Crippen LogP contribution in [0.2, 0.25) is 0 Å². The molecular formula is C7H13NO2S. The van der Waals surface area contributed by atoms with E-state index in [0.29, 0.717) is 6.04 Å². The fourth-order valence-electron chi connectivity index (χ4n) is 1.11. The summed E-state index contributed by atoms with van der Waals surface area (Å²) in [6.07, 6.45) is 0. The average molecular weight is 175 g/mol. The second-order valence-corrected chi connectivity index (χ2v) is 3.72. The Morgan fingerprint density at radius 3 is 2.64 bits per heavy atom. The van der Waals surface area contributed by atoms with E-state index in [9.17, 15) is 4.79 Å². The van der Waals surface area contributed by atoms with Crippen molar-refractivity contribution in [3.63, 3.8) is 0 Å². The summed E-state index contributed by atoms with van der Waals surface area (Å²) in [4.78, 5) is 12.4. The molecule has 0 radical (unpaired) electrons. The maximum absolute atomic E-state index is 10.4. The van der Waals surface area contributed by atoms with E-state index in [-0.39, 0.29) is 6.54 Å². The number of rotatable bonds is 4. The molecule has 1 rings (SSSR count). The lowest BCUT2D eigenvalue weighted by Gasteiger charge is -2.35. The Kier molecular flexibility index (Phi) is 3.20. The van der Waals surface area contributed by atoms with Gasteiger partial charge in [0.05, 0.1) is 6.54 Å². The van der Waals surface area contributed by atoms with Crippen LogP contribution in [0.5, 0.6) is 0 Å². The van der Waals surface area contributed by atoms with Crippen LogP contribution in [-0.4, -0.2) is 46.6 Å². The second kappa shape index (κ2) is 3.97. The highest BCUT2D eigenvalue weighted by atomic mass is 32.2. The van der Waals surface area contributed by atoms with Gasteiger partial charge in [0.15, 0.2) is 0 Å². The highest BCUT2D eigenvalue weighted by molar-refractivity contribution is 8.00. The van der Waals surface area contributed by atoms with Gasteiger partial charge in [-0.1, -0.05) is 6.92 Å². The molecular weight excluding hydrogens is 162 g/mol. The highest BCUT2D eigenvalue weighted by Crippen LogP contribution is 2.22. The minimum Gasteiger partial charge on any atom is -0.480 e. The van der Waals surface area contributed by atoms with E-state index < -0.39 is 5.97 Å². The third-order valence-electron chi connectivity index (χ3n) is 1.88. The van der Waals surface area contributed by atoms with Crippen molar-refractivity contribution < 1.29 is 9.90 Å². The zero-order chi connectivity index (χ0) is 8.27. The van der Waals surface area contributed by atoms with Crippen molar-refractivity contribution in [2.45, 2.75) is 13.0 Å². The number of thioether (sulfide) groups is 1. The van der Waals surface area contributed by atoms with Crippen molar-refractivity contribution in [3.05, 3.63) is 0 Å². The summed E-state index contributed by atoms with van der Waals surface area (Å²) in [5.74, 6) is 1.48. The molecule has 1 aliphatic heterocycles. The highest BCUT2D eigenvalue weighted by Gasteiger charge is 2.25. The minimum absolute atomic E-state index is 0.196. The van der Waals surface area contributed by atoms with E-state index >= 15 is 0 Å². The molecule has 0 amide bonds. The van der Waals surface area contributed by atoms with E-state index in [1.54, 1.807) is 0 Å². The molecule has 1 aliphatic rings. The van der Waals surface area contributed by atoms with E-state index in [0.717, 1.165) is 18.1 Å². The Hall–Kier alpha value is -0.220. The zero-order valence-corrected chi connectivity index (χ0v) is 7.43. The number of carbonyl (C=O) groups is 1. The predicted molar refractivity (Wildman–Crippen MR) is 46.0 cm³/mol. The number of carboxylic acid groups (broad SMARTS) is 1. The Morgan fingerprint density at radius 2 is 2.36 bits per heavy atom.